The van der Waals surface area contributed by atoms with E-state index in [0.29, 0.717) is 17.4 Å². The summed E-state index contributed by atoms with van der Waals surface area (Å²) >= 11 is 0. The van der Waals surface area contributed by atoms with Crippen molar-refractivity contribution >= 4 is 17.9 Å². The number of quaternary nitrogens is 1. The van der Waals surface area contributed by atoms with Gasteiger partial charge in [-0.05, 0) is 38.5 Å². The number of likely N-dealkylation sites (N-methyl/N-ethyl adjacent to an activating group) is 1. The van der Waals surface area contributed by atoms with Crippen molar-refractivity contribution in [1.82, 2.24) is 0 Å². The Morgan fingerprint density at radius 3 is 0.779 bits per heavy atom. The molecule has 0 aromatic heterocycles. The minimum absolute atomic E-state index is 0.173. The molecular formula is C86H168NO8+. The highest BCUT2D eigenvalue weighted by Gasteiger charge is 2.25. The first kappa shape index (κ1) is 93.0. The van der Waals surface area contributed by atoms with Crippen LogP contribution in [-0.2, 0) is 33.3 Å². The van der Waals surface area contributed by atoms with Crippen LogP contribution in [0.1, 0.15) is 463 Å². The molecule has 0 radical (unpaired) electrons. The minimum atomic E-state index is -1.51. The summed E-state index contributed by atoms with van der Waals surface area (Å²) in [6.45, 7) is 4.98. The third-order valence-electron chi connectivity index (χ3n) is 20.0. The zero-order chi connectivity index (χ0) is 69.0. The van der Waals surface area contributed by atoms with Crippen LogP contribution in [0.5, 0.6) is 0 Å². The number of rotatable bonds is 82. The van der Waals surface area contributed by atoms with Crippen molar-refractivity contribution in [2.24, 2.45) is 0 Å². The fraction of sp³-hybridized carbons (Fsp3) is 0.942. The lowest BCUT2D eigenvalue weighted by Gasteiger charge is -2.25. The molecule has 0 bridgehead atoms. The quantitative estimate of drug-likeness (QED) is 0.0211. The molecule has 95 heavy (non-hydrogen) atoms. The van der Waals surface area contributed by atoms with Crippen LogP contribution < -0.4 is 0 Å². The van der Waals surface area contributed by atoms with E-state index in [2.05, 4.69) is 26.0 Å². The first-order chi connectivity index (χ1) is 46.6. The van der Waals surface area contributed by atoms with Gasteiger partial charge in [-0.25, -0.2) is 4.79 Å². The summed E-state index contributed by atoms with van der Waals surface area (Å²) < 4.78 is 23.1. The van der Waals surface area contributed by atoms with E-state index < -0.39 is 18.4 Å². The van der Waals surface area contributed by atoms with E-state index in [1.165, 1.54) is 398 Å². The zero-order valence-corrected chi connectivity index (χ0v) is 64.9. The maximum Gasteiger partial charge on any atom is 0.361 e. The van der Waals surface area contributed by atoms with Crippen molar-refractivity contribution in [1.29, 1.82) is 0 Å². The van der Waals surface area contributed by atoms with Gasteiger partial charge in [-0.3, -0.25) is 9.59 Å². The molecule has 9 nitrogen and oxygen atoms in total. The third kappa shape index (κ3) is 79.2. The van der Waals surface area contributed by atoms with Crippen LogP contribution in [0.15, 0.2) is 12.2 Å². The van der Waals surface area contributed by atoms with Gasteiger partial charge in [0, 0.05) is 12.8 Å². The molecule has 2 atom stereocenters. The molecule has 1 N–H and O–H groups in total. The average Bonchev–Trinajstić information content (AvgIpc) is 3.75. The van der Waals surface area contributed by atoms with Crippen molar-refractivity contribution in [2.45, 2.75) is 476 Å². The Labute approximate surface area is 593 Å². The summed E-state index contributed by atoms with van der Waals surface area (Å²) in [7, 11) is 6.01. The van der Waals surface area contributed by atoms with E-state index in [4.69, 9.17) is 18.9 Å². The standard InChI is InChI=1S/C86H167NO8/c1-6-8-10-12-14-16-18-20-22-24-26-28-30-32-34-36-38-40-41-42-43-45-46-48-50-52-54-56-58-60-62-64-66-68-70-72-74-76-83(88)93-80-82(81-94-86(85(90)91)92-79-78-87(3,4)5)95-84(89)77-75-73-71-69-67-65-63-61-59-57-55-53-51-49-47-44-39-37-35-33-31-29-27-25-23-21-19-17-15-13-11-9-7-2/h25,27,82,86H,6-24,26,28-81H2,1-5H3/p+1/b27-25-. The molecule has 0 aliphatic rings. The number of aliphatic carboxylic acids is 1. The Morgan fingerprint density at radius 2 is 0.537 bits per heavy atom. The SMILES string of the molecule is CCCCCCCCCC/C=C\CCCCCCCCCCCCCCCCCCCCCCCC(=O)OC(COC(=O)CCCCCCCCCCCCCCCCCCCCCCCCCCCCCCCCCCCCCCC)COC(OCC[N+](C)(C)C)C(=O)O. The Kier molecular flexibility index (Phi) is 76.1. The van der Waals surface area contributed by atoms with Crippen LogP contribution in [0.4, 0.5) is 0 Å². The Bertz CT molecular complexity index is 1560. The summed E-state index contributed by atoms with van der Waals surface area (Å²) in [6.07, 6.45) is 95.5. The molecule has 0 saturated heterocycles. The van der Waals surface area contributed by atoms with E-state index >= 15 is 0 Å². The lowest BCUT2D eigenvalue weighted by atomic mass is 10.0. The van der Waals surface area contributed by atoms with Crippen LogP contribution >= 0.6 is 0 Å². The number of hydrogen-bond donors (Lipinski definition) is 1. The molecule has 0 aliphatic heterocycles. The lowest BCUT2D eigenvalue weighted by Crippen LogP contribution is -2.40. The molecule has 9 heteroatoms. The third-order valence-corrected chi connectivity index (χ3v) is 20.0. The fourth-order valence-corrected chi connectivity index (χ4v) is 13.5. The van der Waals surface area contributed by atoms with Gasteiger partial charge in [-0.1, -0.05) is 424 Å². The van der Waals surface area contributed by atoms with E-state index in [0.717, 1.165) is 38.5 Å². The van der Waals surface area contributed by atoms with Gasteiger partial charge in [-0.15, -0.1) is 0 Å². The number of carbonyl (C=O) groups excluding carboxylic acids is 2. The van der Waals surface area contributed by atoms with Gasteiger partial charge in [0.05, 0.1) is 34.4 Å². The Balaban J connectivity index is 3.91. The van der Waals surface area contributed by atoms with Crippen molar-refractivity contribution < 1.29 is 42.9 Å². The first-order valence-electron chi connectivity index (χ1n) is 42.9. The van der Waals surface area contributed by atoms with Crippen LogP contribution in [0.3, 0.4) is 0 Å². The second kappa shape index (κ2) is 77.8. The van der Waals surface area contributed by atoms with Gasteiger partial charge in [0.25, 0.3) is 6.29 Å². The molecule has 2 unspecified atom stereocenters. The smallest absolute Gasteiger partial charge is 0.361 e. The lowest BCUT2D eigenvalue weighted by molar-refractivity contribution is -0.870. The minimum Gasteiger partial charge on any atom is -0.477 e. The van der Waals surface area contributed by atoms with E-state index in [1.54, 1.807) is 0 Å². The van der Waals surface area contributed by atoms with Crippen LogP contribution in [0.25, 0.3) is 0 Å². The molecular weight excluding hydrogens is 1170 g/mol. The van der Waals surface area contributed by atoms with Gasteiger partial charge in [-0.2, -0.15) is 0 Å². The van der Waals surface area contributed by atoms with Crippen LogP contribution in [0.2, 0.25) is 0 Å². The summed E-state index contributed by atoms with van der Waals surface area (Å²) in [6, 6.07) is 0. The predicted molar refractivity (Wildman–Crippen MR) is 411 cm³/mol. The molecule has 0 saturated carbocycles. The first-order valence-corrected chi connectivity index (χ1v) is 42.9. The highest BCUT2D eigenvalue weighted by molar-refractivity contribution is 5.71. The van der Waals surface area contributed by atoms with E-state index in [-0.39, 0.29) is 38.2 Å². The normalized spacial score (nSPS) is 12.6. The summed E-state index contributed by atoms with van der Waals surface area (Å²) in [5.74, 6) is -1.96. The predicted octanol–water partition coefficient (Wildman–Crippen LogP) is 27.5. The summed E-state index contributed by atoms with van der Waals surface area (Å²) in [5, 5.41) is 9.78. The van der Waals surface area contributed by atoms with Gasteiger partial charge in [0.15, 0.2) is 6.10 Å². The molecule has 0 rings (SSSR count). The number of allylic oxidation sites excluding steroid dienone is 2. The number of ether oxygens (including phenoxy) is 4. The maximum atomic E-state index is 13.0. The number of nitrogens with zero attached hydrogens (tertiary/aromatic N) is 1. The number of esters is 2. The van der Waals surface area contributed by atoms with Gasteiger partial charge in [0.1, 0.15) is 13.2 Å². The van der Waals surface area contributed by atoms with Crippen molar-refractivity contribution in [2.75, 3.05) is 47.5 Å². The average molecular weight is 1340 g/mol. The van der Waals surface area contributed by atoms with E-state index in [1.807, 2.05) is 21.1 Å². The number of carboxylic acids is 1. The summed E-state index contributed by atoms with van der Waals surface area (Å²) in [4.78, 5) is 37.8. The molecule has 564 valence electrons. The molecule has 0 aliphatic carbocycles. The highest BCUT2D eigenvalue weighted by atomic mass is 16.7. The van der Waals surface area contributed by atoms with Gasteiger partial charge in [0.2, 0.25) is 0 Å². The van der Waals surface area contributed by atoms with Crippen molar-refractivity contribution in [3.05, 3.63) is 12.2 Å². The second-order valence-electron chi connectivity index (χ2n) is 30.9. The largest absolute Gasteiger partial charge is 0.477 e. The van der Waals surface area contributed by atoms with E-state index in [9.17, 15) is 19.5 Å². The number of carbonyl (C=O) groups is 3. The number of carboxylic acid groups (broad SMARTS) is 1. The molecule has 0 aromatic carbocycles. The molecule has 0 heterocycles. The Hall–Kier alpha value is -1.97. The van der Waals surface area contributed by atoms with Crippen molar-refractivity contribution in [3.8, 4) is 0 Å². The molecule has 0 spiro atoms. The molecule has 0 aromatic rings. The van der Waals surface area contributed by atoms with Crippen LogP contribution in [0, 0.1) is 0 Å². The van der Waals surface area contributed by atoms with Crippen LogP contribution in [-0.4, -0.2) is 87.4 Å². The zero-order valence-electron chi connectivity index (χ0n) is 64.9. The Morgan fingerprint density at radius 1 is 0.305 bits per heavy atom. The molecule has 0 amide bonds. The van der Waals surface area contributed by atoms with Gasteiger partial charge < -0.3 is 28.5 Å². The highest BCUT2D eigenvalue weighted by Crippen LogP contribution is 2.21. The summed E-state index contributed by atoms with van der Waals surface area (Å²) in [5.41, 5.74) is 0. The number of hydrogen-bond acceptors (Lipinski definition) is 7. The van der Waals surface area contributed by atoms with Crippen molar-refractivity contribution in [3.63, 3.8) is 0 Å². The maximum absolute atomic E-state index is 13.0. The van der Waals surface area contributed by atoms with Gasteiger partial charge >= 0.3 is 17.9 Å². The fourth-order valence-electron chi connectivity index (χ4n) is 13.5. The monoisotopic (exact) mass is 1340 g/mol. The number of unbranched alkanes of at least 4 members (excludes halogenated alkanes) is 65. The second-order valence-corrected chi connectivity index (χ2v) is 30.9. The molecule has 0 fully saturated rings. The topological polar surface area (TPSA) is 108 Å².